The van der Waals surface area contributed by atoms with Crippen LogP contribution in [0.3, 0.4) is 0 Å². The van der Waals surface area contributed by atoms with Crippen LogP contribution in [0.1, 0.15) is 53.0 Å². The van der Waals surface area contributed by atoms with Gasteiger partial charge in [-0.15, -0.1) is 0 Å². The van der Waals surface area contributed by atoms with E-state index in [1.54, 1.807) is 6.08 Å². The second-order valence-electron chi connectivity index (χ2n) is 4.76. The molecule has 112 valence electrons. The van der Waals surface area contributed by atoms with E-state index >= 15 is 0 Å². The largest absolute Gasteiger partial charge is 0.265 e. The van der Waals surface area contributed by atoms with Crippen LogP contribution in [0, 0.1) is 5.92 Å². The number of pyridine rings is 1. The first-order chi connectivity index (χ1) is 9.49. The molecule has 0 unspecified atom stereocenters. The molecule has 0 aliphatic carbocycles. The van der Waals surface area contributed by atoms with Gasteiger partial charge in [0.2, 0.25) is 0 Å². The third-order valence-corrected chi connectivity index (χ3v) is 2.56. The molecule has 0 saturated heterocycles. The lowest BCUT2D eigenvalue weighted by atomic mass is 10.1. The Balaban J connectivity index is 0. The van der Waals surface area contributed by atoms with Crippen LogP contribution in [-0.4, -0.2) is 4.98 Å². The molecule has 1 nitrogen and oxygen atoms in total. The lowest BCUT2D eigenvalue weighted by Crippen LogP contribution is -1.86. The fraction of sp³-hybridized carbons (Fsp3) is 0.421. The molecule has 1 rings (SSSR count). The molecule has 1 aromatic heterocycles. The molecule has 0 amide bonds. The molecule has 20 heavy (non-hydrogen) atoms. The highest BCUT2D eigenvalue weighted by molar-refractivity contribution is 5.19. The summed E-state index contributed by atoms with van der Waals surface area (Å²) in [6.07, 6.45) is 9.30. The average molecular weight is 273 g/mol. The maximum absolute atomic E-state index is 3.93. The van der Waals surface area contributed by atoms with Gasteiger partial charge < -0.3 is 0 Å². The van der Waals surface area contributed by atoms with Gasteiger partial charge in [-0.25, -0.2) is 0 Å². The van der Waals surface area contributed by atoms with E-state index < -0.39 is 0 Å². The first-order valence-electron chi connectivity index (χ1n) is 7.36. The van der Waals surface area contributed by atoms with Gasteiger partial charge in [0, 0.05) is 12.4 Å². The summed E-state index contributed by atoms with van der Waals surface area (Å²) in [5.74, 6) is 1.16. The number of hydrogen-bond donors (Lipinski definition) is 0. The number of rotatable bonds is 4. The van der Waals surface area contributed by atoms with E-state index in [1.807, 2.05) is 50.5 Å². The molecule has 0 N–H and O–H groups in total. The quantitative estimate of drug-likeness (QED) is 0.598. The highest BCUT2D eigenvalue weighted by atomic mass is 14.6. The Bertz CT molecular complexity index is 372. The molecule has 0 aromatic carbocycles. The third-order valence-electron chi connectivity index (χ3n) is 2.56. The van der Waals surface area contributed by atoms with Crippen molar-refractivity contribution in [3.8, 4) is 0 Å². The summed E-state index contributed by atoms with van der Waals surface area (Å²) in [4.78, 5) is 3.93. The lowest BCUT2D eigenvalue weighted by molar-refractivity contribution is 0.795. The Labute approximate surface area is 126 Å². The highest BCUT2D eigenvalue weighted by Gasteiger charge is 1.94. The van der Waals surface area contributed by atoms with Crippen LogP contribution in [0.5, 0.6) is 0 Å². The summed E-state index contributed by atoms with van der Waals surface area (Å²) in [7, 11) is 0. The van der Waals surface area contributed by atoms with Crippen molar-refractivity contribution in [3.63, 3.8) is 0 Å². The van der Waals surface area contributed by atoms with Crippen molar-refractivity contribution < 1.29 is 0 Å². The Hall–Kier alpha value is -1.63. The Morgan fingerprint density at radius 2 is 1.60 bits per heavy atom. The van der Waals surface area contributed by atoms with Crippen LogP contribution in [0.2, 0.25) is 0 Å². The van der Waals surface area contributed by atoms with E-state index in [0.29, 0.717) is 11.8 Å². The summed E-state index contributed by atoms with van der Waals surface area (Å²) >= 11 is 0. The van der Waals surface area contributed by atoms with Crippen molar-refractivity contribution in [2.75, 3.05) is 0 Å². The van der Waals surface area contributed by atoms with Gasteiger partial charge >= 0.3 is 0 Å². The van der Waals surface area contributed by atoms with Crippen LogP contribution in [-0.2, 0) is 0 Å². The standard InChI is InChI=1S/C9H14.C8H11N.C2H6/c1-5-6-7-9(4)8(2)3;1-7(2)8-3-5-9-6-4-8;1-2/h5-8H,1,4H2,2-3H3;3-7H,1-2H3;1-2H3/b7-6-;;. The van der Waals surface area contributed by atoms with Crippen molar-refractivity contribution in [2.45, 2.75) is 47.5 Å². The van der Waals surface area contributed by atoms with Crippen LogP contribution >= 0.6 is 0 Å². The van der Waals surface area contributed by atoms with Crippen molar-refractivity contribution in [3.05, 3.63) is 67.0 Å². The summed E-state index contributed by atoms with van der Waals surface area (Å²) in [5, 5.41) is 0. The van der Waals surface area contributed by atoms with Crippen molar-refractivity contribution in [2.24, 2.45) is 5.92 Å². The zero-order valence-corrected chi connectivity index (χ0v) is 14.1. The third kappa shape index (κ3) is 11.5. The van der Waals surface area contributed by atoms with Gasteiger partial charge in [0.1, 0.15) is 0 Å². The first-order valence-corrected chi connectivity index (χ1v) is 7.36. The zero-order valence-electron chi connectivity index (χ0n) is 14.1. The van der Waals surface area contributed by atoms with Crippen LogP contribution < -0.4 is 0 Å². The molecule has 0 spiro atoms. The normalized spacial score (nSPS) is 9.60. The van der Waals surface area contributed by atoms with Gasteiger partial charge in [0.15, 0.2) is 0 Å². The molecule has 0 radical (unpaired) electrons. The number of hydrogen-bond acceptors (Lipinski definition) is 1. The summed E-state index contributed by atoms with van der Waals surface area (Å²) in [6, 6.07) is 4.09. The predicted molar refractivity (Wildman–Crippen MR) is 93.0 cm³/mol. The Kier molecular flexibility index (Phi) is 14.3. The second kappa shape index (κ2) is 13.8. The first kappa shape index (κ1) is 20.7. The van der Waals surface area contributed by atoms with Crippen molar-refractivity contribution in [1.82, 2.24) is 4.98 Å². The van der Waals surface area contributed by atoms with Crippen molar-refractivity contribution in [1.29, 1.82) is 0 Å². The van der Waals surface area contributed by atoms with Gasteiger partial charge in [-0.05, 0) is 29.5 Å². The predicted octanol–water partition coefficient (Wildman–Crippen LogP) is 6.17. The van der Waals surface area contributed by atoms with Gasteiger partial charge in [-0.2, -0.15) is 0 Å². The van der Waals surface area contributed by atoms with E-state index in [1.165, 1.54) is 5.56 Å². The molecule has 0 fully saturated rings. The number of allylic oxidation sites excluding steroid dienone is 4. The molecule has 1 heteroatoms. The smallest absolute Gasteiger partial charge is 0.0270 e. The fourth-order valence-corrected chi connectivity index (χ4v) is 1.13. The van der Waals surface area contributed by atoms with Gasteiger partial charge in [0.25, 0.3) is 0 Å². The fourth-order valence-electron chi connectivity index (χ4n) is 1.13. The van der Waals surface area contributed by atoms with E-state index in [-0.39, 0.29) is 0 Å². The molecule has 0 aliphatic rings. The number of nitrogens with zero attached hydrogens (tertiary/aromatic N) is 1. The van der Waals surface area contributed by atoms with Crippen LogP contribution in [0.15, 0.2) is 61.5 Å². The monoisotopic (exact) mass is 273 g/mol. The molecular formula is C19H31N. The molecular weight excluding hydrogens is 242 g/mol. The van der Waals surface area contributed by atoms with Gasteiger partial charge in [0.05, 0.1) is 0 Å². The molecule has 1 aromatic rings. The minimum atomic E-state index is 0.543. The van der Waals surface area contributed by atoms with E-state index in [2.05, 4.69) is 45.8 Å². The van der Waals surface area contributed by atoms with E-state index in [9.17, 15) is 0 Å². The molecule has 0 aliphatic heterocycles. The molecule has 0 saturated carbocycles. The topological polar surface area (TPSA) is 12.9 Å². The van der Waals surface area contributed by atoms with Crippen LogP contribution in [0.25, 0.3) is 0 Å². The van der Waals surface area contributed by atoms with Gasteiger partial charge in [-0.3, -0.25) is 4.98 Å². The lowest BCUT2D eigenvalue weighted by Gasteiger charge is -2.01. The second-order valence-corrected chi connectivity index (χ2v) is 4.76. The summed E-state index contributed by atoms with van der Waals surface area (Å²) in [5.41, 5.74) is 2.50. The zero-order chi connectivity index (χ0) is 16.0. The minimum Gasteiger partial charge on any atom is -0.265 e. The SMILES string of the molecule is C=C/C=C\C(=C)C(C)C.CC.CC(C)c1ccncc1. The van der Waals surface area contributed by atoms with Crippen molar-refractivity contribution >= 4 is 0 Å². The van der Waals surface area contributed by atoms with E-state index in [0.717, 1.165) is 5.57 Å². The Morgan fingerprint density at radius 1 is 1.10 bits per heavy atom. The molecule has 1 heterocycles. The summed E-state index contributed by atoms with van der Waals surface area (Å²) in [6.45, 7) is 20.0. The highest BCUT2D eigenvalue weighted by Crippen LogP contribution is 2.10. The summed E-state index contributed by atoms with van der Waals surface area (Å²) < 4.78 is 0. The molecule has 0 atom stereocenters. The Morgan fingerprint density at radius 3 is 1.90 bits per heavy atom. The minimum absolute atomic E-state index is 0.543. The average Bonchev–Trinajstić information content (AvgIpc) is 2.48. The maximum Gasteiger partial charge on any atom is 0.0270 e. The molecule has 0 bridgehead atoms. The maximum atomic E-state index is 3.93. The van der Waals surface area contributed by atoms with E-state index in [4.69, 9.17) is 0 Å². The van der Waals surface area contributed by atoms with Gasteiger partial charge in [-0.1, -0.05) is 78.5 Å². The number of aromatic nitrogens is 1. The van der Waals surface area contributed by atoms with Crippen LogP contribution in [0.4, 0.5) is 0 Å².